The van der Waals surface area contributed by atoms with Crippen LogP contribution in [-0.4, -0.2) is 31.2 Å². The lowest BCUT2D eigenvalue weighted by molar-refractivity contribution is -0.0504. The first-order valence-electron chi connectivity index (χ1n) is 9.85. The summed E-state index contributed by atoms with van der Waals surface area (Å²) in [4.78, 5) is 13.3. The van der Waals surface area contributed by atoms with Crippen LogP contribution >= 0.6 is 0 Å². The number of imidazole rings is 1. The van der Waals surface area contributed by atoms with Crippen molar-refractivity contribution < 1.29 is 18.6 Å². The lowest BCUT2D eigenvalue weighted by atomic mass is 10.1. The number of fused-ring (bicyclic) bond motifs is 1. The average Bonchev–Trinajstić information content (AvgIpc) is 3.03. The molecule has 160 valence electrons. The third-order valence-corrected chi connectivity index (χ3v) is 5.14. The molecular weight excluding hydrogens is 402 g/mol. The number of para-hydroxylation sites is 1. The number of benzene rings is 2. The molecule has 0 saturated heterocycles. The van der Waals surface area contributed by atoms with Crippen LogP contribution < -0.4 is 4.74 Å². The molecule has 0 amide bonds. The number of aliphatic hydroxyl groups is 1. The van der Waals surface area contributed by atoms with Crippen molar-refractivity contribution in [3.8, 4) is 16.9 Å². The Hall–Kier alpha value is -3.39. The number of hydrogen-bond donors (Lipinski definition) is 1. The number of halogens is 2. The minimum Gasteiger partial charge on any atom is -0.434 e. The molecule has 4 aromatic rings. The van der Waals surface area contributed by atoms with E-state index in [2.05, 4.69) is 19.7 Å². The van der Waals surface area contributed by atoms with E-state index >= 15 is 0 Å². The van der Waals surface area contributed by atoms with Gasteiger partial charge in [-0.3, -0.25) is 0 Å². The Morgan fingerprint density at radius 1 is 1.10 bits per heavy atom. The van der Waals surface area contributed by atoms with Gasteiger partial charge in [-0.15, -0.1) is 0 Å². The molecule has 4 rings (SSSR count). The maximum absolute atomic E-state index is 12.8. The highest BCUT2D eigenvalue weighted by Crippen LogP contribution is 2.29. The summed E-state index contributed by atoms with van der Waals surface area (Å²) in [6.07, 6.45) is 0.958. The molecular formula is C23H22F2N4O2. The number of rotatable bonds is 6. The van der Waals surface area contributed by atoms with E-state index in [9.17, 15) is 13.9 Å². The van der Waals surface area contributed by atoms with Crippen molar-refractivity contribution >= 4 is 11.0 Å². The quantitative estimate of drug-likeness (QED) is 0.481. The van der Waals surface area contributed by atoms with Gasteiger partial charge >= 0.3 is 6.61 Å². The minimum atomic E-state index is -2.89. The van der Waals surface area contributed by atoms with Gasteiger partial charge in [0.15, 0.2) is 5.82 Å². The zero-order valence-electron chi connectivity index (χ0n) is 17.4. The molecule has 31 heavy (non-hydrogen) atoms. The molecule has 1 unspecified atom stereocenters. The fraction of sp³-hybridized carbons (Fsp3) is 0.261. The predicted octanol–water partition coefficient (Wildman–Crippen LogP) is 4.81. The van der Waals surface area contributed by atoms with Crippen LogP contribution in [0, 0.1) is 13.8 Å². The highest BCUT2D eigenvalue weighted by molar-refractivity contribution is 5.83. The first-order chi connectivity index (χ1) is 14.8. The van der Waals surface area contributed by atoms with Crippen LogP contribution in [-0.2, 0) is 6.54 Å². The Kier molecular flexibility index (Phi) is 5.65. The van der Waals surface area contributed by atoms with Gasteiger partial charge in [-0.1, -0.05) is 24.3 Å². The first-order valence-corrected chi connectivity index (χ1v) is 9.85. The van der Waals surface area contributed by atoms with E-state index in [-0.39, 0.29) is 5.75 Å². The van der Waals surface area contributed by atoms with Gasteiger partial charge in [0, 0.05) is 23.0 Å². The number of nitrogens with zero attached hydrogens (tertiary/aromatic N) is 4. The normalized spacial score (nSPS) is 12.5. The monoisotopic (exact) mass is 424 g/mol. The lowest BCUT2D eigenvalue weighted by Crippen LogP contribution is -2.08. The Bertz CT molecular complexity index is 1240. The van der Waals surface area contributed by atoms with Crippen molar-refractivity contribution in [1.29, 1.82) is 0 Å². The number of hydrogen-bond acceptors (Lipinski definition) is 5. The van der Waals surface area contributed by atoms with Crippen LogP contribution in [0.1, 0.15) is 35.9 Å². The van der Waals surface area contributed by atoms with Crippen LogP contribution in [0.25, 0.3) is 22.2 Å². The van der Waals surface area contributed by atoms with Gasteiger partial charge in [0.1, 0.15) is 17.7 Å². The highest BCUT2D eigenvalue weighted by atomic mass is 19.3. The second-order valence-electron chi connectivity index (χ2n) is 7.34. The van der Waals surface area contributed by atoms with Gasteiger partial charge < -0.3 is 14.4 Å². The van der Waals surface area contributed by atoms with E-state index in [0.717, 1.165) is 33.7 Å². The van der Waals surface area contributed by atoms with Crippen molar-refractivity contribution in [3.63, 3.8) is 0 Å². The zero-order valence-corrected chi connectivity index (χ0v) is 17.4. The molecule has 0 saturated carbocycles. The number of aliphatic hydroxyl groups excluding tert-OH is 1. The fourth-order valence-corrected chi connectivity index (χ4v) is 3.60. The summed E-state index contributed by atoms with van der Waals surface area (Å²) >= 11 is 0. The van der Waals surface area contributed by atoms with Crippen molar-refractivity contribution in [2.45, 2.75) is 40.0 Å². The van der Waals surface area contributed by atoms with Gasteiger partial charge in [0.2, 0.25) is 0 Å². The predicted molar refractivity (Wildman–Crippen MR) is 113 cm³/mol. The molecule has 2 aromatic carbocycles. The maximum Gasteiger partial charge on any atom is 0.387 e. The molecule has 0 radical (unpaired) electrons. The van der Waals surface area contributed by atoms with Crippen LogP contribution in [0.4, 0.5) is 8.78 Å². The van der Waals surface area contributed by atoms with Crippen LogP contribution in [0.2, 0.25) is 0 Å². The Labute approximate surface area is 178 Å². The lowest BCUT2D eigenvalue weighted by Gasteiger charge is -2.13. The molecule has 8 heteroatoms. The summed E-state index contributed by atoms with van der Waals surface area (Å²) in [5.74, 6) is 1.28. The number of ether oxygens (including phenoxy) is 1. The van der Waals surface area contributed by atoms with E-state index in [1.165, 1.54) is 6.07 Å². The van der Waals surface area contributed by atoms with Crippen molar-refractivity contribution in [2.24, 2.45) is 0 Å². The second kappa shape index (κ2) is 8.39. The summed E-state index contributed by atoms with van der Waals surface area (Å²) in [6.45, 7) is 2.82. The molecule has 0 fully saturated rings. The molecule has 0 aliphatic heterocycles. The average molecular weight is 424 g/mol. The first kappa shape index (κ1) is 20.9. The van der Waals surface area contributed by atoms with Gasteiger partial charge in [-0.2, -0.15) is 8.78 Å². The third kappa shape index (κ3) is 4.25. The van der Waals surface area contributed by atoms with Crippen molar-refractivity contribution in [1.82, 2.24) is 19.5 Å². The smallest absolute Gasteiger partial charge is 0.387 e. The summed E-state index contributed by atoms with van der Waals surface area (Å²) in [5.41, 5.74) is 4.80. The fourth-order valence-electron chi connectivity index (χ4n) is 3.60. The summed E-state index contributed by atoms with van der Waals surface area (Å²) in [5, 5.41) is 9.71. The molecule has 0 aliphatic carbocycles. The zero-order chi connectivity index (χ0) is 22.1. The topological polar surface area (TPSA) is 73.1 Å². The van der Waals surface area contributed by atoms with Crippen molar-refractivity contribution in [2.75, 3.05) is 0 Å². The van der Waals surface area contributed by atoms with Gasteiger partial charge in [-0.25, -0.2) is 15.0 Å². The summed E-state index contributed by atoms with van der Waals surface area (Å²) < 4.78 is 32.2. The molecule has 0 bridgehead atoms. The number of aromatic nitrogens is 4. The maximum atomic E-state index is 12.8. The molecule has 6 nitrogen and oxygen atoms in total. The molecule has 0 spiro atoms. The van der Waals surface area contributed by atoms with Crippen LogP contribution in [0.15, 0.2) is 48.7 Å². The molecule has 2 heterocycles. The summed E-state index contributed by atoms with van der Waals surface area (Å²) in [7, 11) is 0. The summed E-state index contributed by atoms with van der Waals surface area (Å²) in [6, 6.07) is 12.6. The van der Waals surface area contributed by atoms with Crippen LogP contribution in [0.3, 0.4) is 0 Å². The number of aryl methyl sites for hydroxylation is 2. The van der Waals surface area contributed by atoms with E-state index in [1.807, 2.05) is 36.6 Å². The molecule has 1 N–H and O–H groups in total. The van der Waals surface area contributed by atoms with Gasteiger partial charge in [-0.05, 0) is 44.5 Å². The highest BCUT2D eigenvalue weighted by Gasteiger charge is 2.15. The molecule has 0 aliphatic rings. The molecule has 2 aromatic heterocycles. The second-order valence-corrected chi connectivity index (χ2v) is 7.34. The van der Waals surface area contributed by atoms with E-state index in [4.69, 9.17) is 0 Å². The van der Waals surface area contributed by atoms with E-state index in [1.54, 1.807) is 31.3 Å². The third-order valence-electron chi connectivity index (χ3n) is 5.14. The standard InChI is InChI=1S/C23H22F2N4O2/c1-13-18(11-26-22(27-13)14(2)30)16-8-9-19-20(10-16)29(15(3)28-19)12-17-6-4-5-7-21(17)31-23(24)25/h4-11,14,23,30H,12H2,1-3H3. The SMILES string of the molecule is Cc1nc(C(C)O)ncc1-c1ccc2nc(C)n(Cc3ccccc3OC(F)F)c2c1. The minimum absolute atomic E-state index is 0.146. The largest absolute Gasteiger partial charge is 0.434 e. The van der Waals surface area contributed by atoms with Crippen LogP contribution in [0.5, 0.6) is 5.75 Å². The Balaban J connectivity index is 1.76. The van der Waals surface area contributed by atoms with E-state index in [0.29, 0.717) is 17.9 Å². The Morgan fingerprint density at radius 2 is 1.87 bits per heavy atom. The number of alkyl halides is 2. The molecule has 1 atom stereocenters. The Morgan fingerprint density at radius 3 is 2.58 bits per heavy atom. The van der Waals surface area contributed by atoms with Gasteiger partial charge in [0.25, 0.3) is 0 Å². The van der Waals surface area contributed by atoms with E-state index < -0.39 is 12.7 Å². The van der Waals surface area contributed by atoms with Gasteiger partial charge in [0.05, 0.1) is 17.6 Å². The van der Waals surface area contributed by atoms with Crippen molar-refractivity contribution in [3.05, 3.63) is 71.6 Å².